The number of para-hydroxylation sites is 2. The smallest absolute Gasteiger partial charge is 0.505 e. The summed E-state index contributed by atoms with van der Waals surface area (Å²) in [6, 6.07) is 22.6. The highest BCUT2D eigenvalue weighted by Crippen LogP contribution is 2.44. The molecule has 0 aliphatic carbocycles. The normalized spacial score (nSPS) is 11.3. The topological polar surface area (TPSA) is 117 Å². The van der Waals surface area contributed by atoms with Gasteiger partial charge in [0, 0.05) is 10.9 Å². The number of hydrogen-bond acceptors (Lipinski definition) is 7. The SMILES string of the molecule is O=C(O)Oc1cccc(-c2cccc(N=Nc3c(O)n(-c4cccs4)c4ccccc34)c2O)c1. The first kappa shape index (κ1) is 21.2. The van der Waals surface area contributed by atoms with E-state index in [0.717, 1.165) is 10.5 Å². The van der Waals surface area contributed by atoms with E-state index in [1.54, 1.807) is 34.9 Å². The summed E-state index contributed by atoms with van der Waals surface area (Å²) in [5.74, 6) is -0.0653. The zero-order valence-electron chi connectivity index (χ0n) is 17.5. The summed E-state index contributed by atoms with van der Waals surface area (Å²) >= 11 is 1.48. The fourth-order valence-corrected chi connectivity index (χ4v) is 4.45. The number of carbonyl (C=O) groups is 1. The van der Waals surface area contributed by atoms with Crippen LogP contribution in [-0.4, -0.2) is 26.0 Å². The van der Waals surface area contributed by atoms with Crippen LogP contribution in [0.2, 0.25) is 0 Å². The van der Waals surface area contributed by atoms with E-state index >= 15 is 0 Å². The number of ether oxygens (including phenoxy) is 1. The van der Waals surface area contributed by atoms with Gasteiger partial charge in [-0.1, -0.05) is 42.5 Å². The van der Waals surface area contributed by atoms with Gasteiger partial charge in [0.25, 0.3) is 0 Å². The second kappa shape index (κ2) is 8.72. The Morgan fingerprint density at radius 3 is 2.53 bits per heavy atom. The standard InChI is InChI=1S/C25H17N3O5S/c29-23-17(15-6-3-7-16(14-15)33-25(31)32)9-4-10-19(23)26-27-22-18-8-1-2-11-20(18)28(24(22)30)21-12-5-13-34-21/h1-14,29-30H,(H,31,32). The van der Waals surface area contributed by atoms with Crippen molar-refractivity contribution in [1.82, 2.24) is 4.57 Å². The maximum Gasteiger partial charge on any atom is 0.511 e. The second-order valence-corrected chi connectivity index (χ2v) is 8.17. The van der Waals surface area contributed by atoms with Gasteiger partial charge in [-0.05, 0) is 47.3 Å². The predicted octanol–water partition coefficient (Wildman–Crippen LogP) is 7.24. The van der Waals surface area contributed by atoms with E-state index in [0.29, 0.717) is 16.5 Å². The van der Waals surface area contributed by atoms with E-state index < -0.39 is 6.16 Å². The molecule has 34 heavy (non-hydrogen) atoms. The van der Waals surface area contributed by atoms with Crippen molar-refractivity contribution in [3.63, 3.8) is 0 Å². The van der Waals surface area contributed by atoms with Crippen molar-refractivity contribution >= 4 is 39.8 Å². The largest absolute Gasteiger partial charge is 0.511 e. The molecule has 9 heteroatoms. The Bertz CT molecular complexity index is 1540. The average molecular weight is 471 g/mol. The molecule has 5 aromatic rings. The number of fused-ring (bicyclic) bond motifs is 1. The van der Waals surface area contributed by atoms with Crippen LogP contribution in [0, 0.1) is 0 Å². The van der Waals surface area contributed by atoms with Crippen molar-refractivity contribution < 1.29 is 24.9 Å². The van der Waals surface area contributed by atoms with Crippen molar-refractivity contribution in [2.75, 3.05) is 0 Å². The highest BCUT2D eigenvalue weighted by molar-refractivity contribution is 7.12. The van der Waals surface area contributed by atoms with Crippen LogP contribution in [0.1, 0.15) is 0 Å². The van der Waals surface area contributed by atoms with Gasteiger partial charge in [0.15, 0.2) is 11.4 Å². The molecule has 0 saturated heterocycles. The minimum absolute atomic E-state index is 0.0541. The minimum atomic E-state index is -1.43. The van der Waals surface area contributed by atoms with Gasteiger partial charge in [0.2, 0.25) is 5.88 Å². The molecule has 0 aliphatic rings. The van der Waals surface area contributed by atoms with E-state index in [-0.39, 0.29) is 28.8 Å². The molecular formula is C25H17N3O5S. The van der Waals surface area contributed by atoms with Crippen molar-refractivity contribution in [1.29, 1.82) is 0 Å². The Labute approximate surface area is 197 Å². The lowest BCUT2D eigenvalue weighted by molar-refractivity contribution is 0.144. The first-order valence-electron chi connectivity index (χ1n) is 10.1. The van der Waals surface area contributed by atoms with Gasteiger partial charge in [0.1, 0.15) is 16.4 Å². The third-order valence-corrected chi connectivity index (χ3v) is 6.03. The van der Waals surface area contributed by atoms with Crippen LogP contribution in [0.5, 0.6) is 17.4 Å². The molecular weight excluding hydrogens is 454 g/mol. The molecule has 0 saturated carbocycles. The van der Waals surface area contributed by atoms with Crippen LogP contribution in [0.25, 0.3) is 27.0 Å². The lowest BCUT2D eigenvalue weighted by Crippen LogP contribution is -2.02. The quantitative estimate of drug-likeness (QED) is 0.142. The van der Waals surface area contributed by atoms with Crippen molar-refractivity contribution in [2.24, 2.45) is 10.2 Å². The first-order valence-corrected chi connectivity index (χ1v) is 11.0. The summed E-state index contributed by atoms with van der Waals surface area (Å²) in [4.78, 5) is 10.8. The number of thiophene rings is 1. The number of nitrogens with zero attached hydrogens (tertiary/aromatic N) is 3. The fraction of sp³-hybridized carbons (Fsp3) is 0. The maximum absolute atomic E-state index is 11.0. The van der Waals surface area contributed by atoms with Gasteiger partial charge in [-0.25, -0.2) is 4.79 Å². The molecule has 0 spiro atoms. The van der Waals surface area contributed by atoms with E-state index in [1.165, 1.54) is 23.5 Å². The Balaban J connectivity index is 1.56. The minimum Gasteiger partial charge on any atom is -0.505 e. The number of hydrogen-bond donors (Lipinski definition) is 3. The Morgan fingerprint density at radius 1 is 0.912 bits per heavy atom. The molecule has 0 aliphatic heterocycles. The number of azo groups is 1. The molecule has 3 aromatic carbocycles. The summed E-state index contributed by atoms with van der Waals surface area (Å²) in [5.41, 5.74) is 2.23. The summed E-state index contributed by atoms with van der Waals surface area (Å²) in [6.45, 7) is 0. The molecule has 0 fully saturated rings. The molecule has 3 N–H and O–H groups in total. The number of carboxylic acid groups (broad SMARTS) is 1. The zero-order chi connectivity index (χ0) is 23.7. The molecule has 2 heterocycles. The number of phenols is 1. The van der Waals surface area contributed by atoms with Crippen LogP contribution < -0.4 is 4.74 Å². The van der Waals surface area contributed by atoms with Crippen LogP contribution in [0.4, 0.5) is 16.2 Å². The molecule has 0 unspecified atom stereocenters. The van der Waals surface area contributed by atoms with Crippen LogP contribution in [0.3, 0.4) is 0 Å². The van der Waals surface area contributed by atoms with Crippen LogP contribution >= 0.6 is 11.3 Å². The molecule has 5 rings (SSSR count). The molecule has 0 bridgehead atoms. The van der Waals surface area contributed by atoms with E-state index in [1.807, 2.05) is 41.8 Å². The van der Waals surface area contributed by atoms with Crippen LogP contribution in [-0.2, 0) is 0 Å². The van der Waals surface area contributed by atoms with Crippen molar-refractivity contribution in [3.05, 3.63) is 84.2 Å². The average Bonchev–Trinajstić information content (AvgIpc) is 3.44. The van der Waals surface area contributed by atoms with Gasteiger partial charge < -0.3 is 20.1 Å². The van der Waals surface area contributed by atoms with Gasteiger partial charge in [0.05, 0.1) is 5.52 Å². The number of aromatic nitrogens is 1. The number of rotatable bonds is 5. The molecule has 168 valence electrons. The molecule has 0 atom stereocenters. The molecule has 8 nitrogen and oxygen atoms in total. The van der Waals surface area contributed by atoms with Gasteiger partial charge in [-0.15, -0.1) is 21.6 Å². The van der Waals surface area contributed by atoms with Crippen molar-refractivity contribution in [2.45, 2.75) is 0 Å². The number of phenolic OH excluding ortho intramolecular Hbond substituents is 1. The highest BCUT2D eigenvalue weighted by atomic mass is 32.1. The summed E-state index contributed by atoms with van der Waals surface area (Å²) in [7, 11) is 0. The number of aromatic hydroxyl groups is 2. The molecule has 2 aromatic heterocycles. The van der Waals surface area contributed by atoms with Gasteiger partial charge in [-0.3, -0.25) is 4.57 Å². The first-order chi connectivity index (χ1) is 16.5. The third kappa shape index (κ3) is 3.84. The molecule has 0 amide bonds. The van der Waals surface area contributed by atoms with E-state index in [9.17, 15) is 15.0 Å². The maximum atomic E-state index is 11.0. The van der Waals surface area contributed by atoms with Gasteiger partial charge in [-0.2, -0.15) is 0 Å². The molecule has 0 radical (unpaired) electrons. The second-order valence-electron chi connectivity index (χ2n) is 7.25. The highest BCUT2D eigenvalue weighted by Gasteiger charge is 2.18. The zero-order valence-corrected chi connectivity index (χ0v) is 18.3. The lowest BCUT2D eigenvalue weighted by Gasteiger charge is -2.08. The Kier molecular flexibility index (Phi) is 5.44. The third-order valence-electron chi connectivity index (χ3n) is 5.17. The summed E-state index contributed by atoms with van der Waals surface area (Å²) in [6.07, 6.45) is -1.43. The monoisotopic (exact) mass is 471 g/mol. The lowest BCUT2D eigenvalue weighted by atomic mass is 10.0. The van der Waals surface area contributed by atoms with Crippen LogP contribution in [0.15, 0.2) is 94.5 Å². The summed E-state index contributed by atoms with van der Waals surface area (Å²) in [5, 5.41) is 42.6. The fourth-order valence-electron chi connectivity index (χ4n) is 3.70. The van der Waals surface area contributed by atoms with E-state index in [2.05, 4.69) is 10.2 Å². The van der Waals surface area contributed by atoms with Gasteiger partial charge >= 0.3 is 6.16 Å². The Morgan fingerprint density at radius 2 is 1.74 bits per heavy atom. The predicted molar refractivity (Wildman–Crippen MR) is 129 cm³/mol. The summed E-state index contributed by atoms with van der Waals surface area (Å²) < 4.78 is 6.41. The van der Waals surface area contributed by atoms with E-state index in [4.69, 9.17) is 9.84 Å². The number of benzene rings is 3. The van der Waals surface area contributed by atoms with Crippen molar-refractivity contribution in [3.8, 4) is 33.5 Å². The Hall–Kier alpha value is -4.63.